The van der Waals surface area contributed by atoms with Gasteiger partial charge in [0, 0.05) is 12.7 Å². The van der Waals surface area contributed by atoms with E-state index in [0.717, 1.165) is 17.0 Å². The van der Waals surface area contributed by atoms with Crippen molar-refractivity contribution in [3.63, 3.8) is 0 Å². The van der Waals surface area contributed by atoms with Gasteiger partial charge in [-0.15, -0.1) is 0 Å². The quantitative estimate of drug-likeness (QED) is 0.799. The number of rotatable bonds is 3. The summed E-state index contributed by atoms with van der Waals surface area (Å²) in [6, 6.07) is 6.03. The summed E-state index contributed by atoms with van der Waals surface area (Å²) in [5.74, 6) is 0.940. The van der Waals surface area contributed by atoms with E-state index in [4.69, 9.17) is 9.15 Å². The van der Waals surface area contributed by atoms with E-state index in [2.05, 4.69) is 4.98 Å². The number of aromatic nitrogens is 1. The SMILES string of the molecule is COCc1nc(-c2ccc(F)cc2)oc1C. The van der Waals surface area contributed by atoms with Crippen LogP contribution in [0.15, 0.2) is 28.7 Å². The van der Waals surface area contributed by atoms with Gasteiger partial charge in [0.25, 0.3) is 0 Å². The Balaban J connectivity index is 2.33. The van der Waals surface area contributed by atoms with Crippen molar-refractivity contribution in [2.24, 2.45) is 0 Å². The number of oxazole rings is 1. The second kappa shape index (κ2) is 4.45. The largest absolute Gasteiger partial charge is 0.441 e. The molecular weight excluding hydrogens is 209 g/mol. The lowest BCUT2D eigenvalue weighted by Crippen LogP contribution is -1.89. The lowest BCUT2D eigenvalue weighted by atomic mass is 10.2. The highest BCUT2D eigenvalue weighted by atomic mass is 19.1. The fourth-order valence-electron chi connectivity index (χ4n) is 1.41. The first kappa shape index (κ1) is 10.8. The molecule has 1 aromatic carbocycles. The number of methoxy groups -OCH3 is 1. The second-order valence-corrected chi connectivity index (χ2v) is 3.46. The number of aryl methyl sites for hydroxylation is 1. The number of halogens is 1. The summed E-state index contributed by atoms with van der Waals surface area (Å²) in [5.41, 5.74) is 1.52. The summed E-state index contributed by atoms with van der Waals surface area (Å²) in [4.78, 5) is 4.29. The normalized spacial score (nSPS) is 10.7. The molecule has 4 heteroatoms. The molecule has 0 radical (unpaired) electrons. The van der Waals surface area contributed by atoms with Crippen molar-refractivity contribution in [3.05, 3.63) is 41.5 Å². The molecule has 2 rings (SSSR count). The molecule has 0 spiro atoms. The molecule has 0 unspecified atom stereocenters. The van der Waals surface area contributed by atoms with E-state index in [1.54, 1.807) is 19.2 Å². The number of benzene rings is 1. The van der Waals surface area contributed by atoms with Gasteiger partial charge in [0.1, 0.15) is 17.3 Å². The van der Waals surface area contributed by atoms with E-state index in [0.29, 0.717) is 12.5 Å². The van der Waals surface area contributed by atoms with Crippen LogP contribution in [0.5, 0.6) is 0 Å². The summed E-state index contributed by atoms with van der Waals surface area (Å²) in [6.45, 7) is 2.24. The van der Waals surface area contributed by atoms with Crippen LogP contribution in [-0.4, -0.2) is 12.1 Å². The van der Waals surface area contributed by atoms with Crippen molar-refractivity contribution in [1.29, 1.82) is 0 Å². The number of hydrogen-bond acceptors (Lipinski definition) is 3. The van der Waals surface area contributed by atoms with Crippen LogP contribution < -0.4 is 0 Å². The van der Waals surface area contributed by atoms with Crippen LogP contribution in [-0.2, 0) is 11.3 Å². The summed E-state index contributed by atoms with van der Waals surface area (Å²) < 4.78 is 23.2. The molecule has 84 valence electrons. The highest BCUT2D eigenvalue weighted by Gasteiger charge is 2.10. The third kappa shape index (κ3) is 2.12. The van der Waals surface area contributed by atoms with Gasteiger partial charge in [-0.1, -0.05) is 0 Å². The molecule has 0 saturated heterocycles. The molecule has 1 aromatic heterocycles. The molecular formula is C12H12FNO2. The van der Waals surface area contributed by atoms with Gasteiger partial charge in [-0.2, -0.15) is 0 Å². The molecule has 0 atom stereocenters. The van der Waals surface area contributed by atoms with Crippen molar-refractivity contribution in [2.75, 3.05) is 7.11 Å². The van der Waals surface area contributed by atoms with E-state index in [-0.39, 0.29) is 5.82 Å². The zero-order valence-electron chi connectivity index (χ0n) is 9.16. The predicted octanol–water partition coefficient (Wildman–Crippen LogP) is 2.94. The highest BCUT2D eigenvalue weighted by Crippen LogP contribution is 2.22. The Morgan fingerprint density at radius 3 is 2.62 bits per heavy atom. The van der Waals surface area contributed by atoms with E-state index in [1.807, 2.05) is 6.92 Å². The zero-order chi connectivity index (χ0) is 11.5. The van der Waals surface area contributed by atoms with Crippen LogP contribution in [0.2, 0.25) is 0 Å². The van der Waals surface area contributed by atoms with Crippen molar-refractivity contribution >= 4 is 0 Å². The maximum atomic E-state index is 12.7. The van der Waals surface area contributed by atoms with Gasteiger partial charge in [-0.05, 0) is 31.2 Å². The van der Waals surface area contributed by atoms with Crippen LogP contribution in [0.4, 0.5) is 4.39 Å². The molecule has 0 amide bonds. The van der Waals surface area contributed by atoms with Gasteiger partial charge < -0.3 is 9.15 Å². The molecule has 0 aliphatic heterocycles. The Morgan fingerprint density at radius 1 is 1.31 bits per heavy atom. The molecule has 16 heavy (non-hydrogen) atoms. The van der Waals surface area contributed by atoms with Crippen molar-refractivity contribution < 1.29 is 13.5 Å². The Labute approximate surface area is 92.9 Å². The molecule has 0 saturated carbocycles. The van der Waals surface area contributed by atoms with Crippen LogP contribution >= 0.6 is 0 Å². The third-order valence-electron chi connectivity index (χ3n) is 2.26. The molecule has 1 heterocycles. The lowest BCUT2D eigenvalue weighted by molar-refractivity contribution is 0.180. The maximum absolute atomic E-state index is 12.7. The lowest BCUT2D eigenvalue weighted by Gasteiger charge is -1.94. The number of hydrogen-bond donors (Lipinski definition) is 0. The standard InChI is InChI=1S/C12H12FNO2/c1-8-11(7-15-2)14-12(16-8)9-3-5-10(13)6-4-9/h3-6H,7H2,1-2H3. The van der Waals surface area contributed by atoms with Crippen molar-refractivity contribution in [2.45, 2.75) is 13.5 Å². The minimum Gasteiger partial charge on any atom is -0.441 e. The summed E-state index contributed by atoms with van der Waals surface area (Å²) >= 11 is 0. The molecule has 0 aliphatic rings. The summed E-state index contributed by atoms with van der Waals surface area (Å²) in [6.07, 6.45) is 0. The number of ether oxygens (including phenoxy) is 1. The summed E-state index contributed by atoms with van der Waals surface area (Å²) in [7, 11) is 1.60. The summed E-state index contributed by atoms with van der Waals surface area (Å²) in [5, 5.41) is 0. The van der Waals surface area contributed by atoms with E-state index >= 15 is 0 Å². The minimum atomic E-state index is -0.274. The van der Waals surface area contributed by atoms with Crippen LogP contribution in [0.25, 0.3) is 11.5 Å². The van der Waals surface area contributed by atoms with Crippen molar-refractivity contribution in [3.8, 4) is 11.5 Å². The monoisotopic (exact) mass is 221 g/mol. The molecule has 0 fully saturated rings. The van der Waals surface area contributed by atoms with Gasteiger partial charge >= 0.3 is 0 Å². The van der Waals surface area contributed by atoms with Gasteiger partial charge in [0.15, 0.2) is 0 Å². The van der Waals surface area contributed by atoms with Gasteiger partial charge in [-0.3, -0.25) is 0 Å². The van der Waals surface area contributed by atoms with Crippen molar-refractivity contribution in [1.82, 2.24) is 4.98 Å². The van der Waals surface area contributed by atoms with Gasteiger partial charge in [0.2, 0.25) is 5.89 Å². The van der Waals surface area contributed by atoms with E-state index < -0.39 is 0 Å². The number of nitrogens with zero attached hydrogens (tertiary/aromatic N) is 1. The van der Waals surface area contributed by atoms with E-state index in [1.165, 1.54) is 12.1 Å². The molecule has 2 aromatic rings. The predicted molar refractivity (Wildman–Crippen MR) is 57.3 cm³/mol. The Hall–Kier alpha value is -1.68. The Morgan fingerprint density at radius 2 is 2.00 bits per heavy atom. The third-order valence-corrected chi connectivity index (χ3v) is 2.26. The Kier molecular flexibility index (Phi) is 3.01. The first-order valence-corrected chi connectivity index (χ1v) is 4.92. The first-order valence-electron chi connectivity index (χ1n) is 4.92. The van der Waals surface area contributed by atoms with Gasteiger partial charge in [-0.25, -0.2) is 9.37 Å². The molecule has 0 aliphatic carbocycles. The molecule has 0 bridgehead atoms. The van der Waals surface area contributed by atoms with Gasteiger partial charge in [0.05, 0.1) is 6.61 Å². The van der Waals surface area contributed by atoms with E-state index in [9.17, 15) is 4.39 Å². The van der Waals surface area contributed by atoms with Crippen LogP contribution in [0.3, 0.4) is 0 Å². The average molecular weight is 221 g/mol. The molecule has 3 nitrogen and oxygen atoms in total. The topological polar surface area (TPSA) is 35.3 Å². The first-order chi connectivity index (χ1) is 7.70. The van der Waals surface area contributed by atoms with Crippen LogP contribution in [0.1, 0.15) is 11.5 Å². The molecule has 0 N–H and O–H groups in total. The minimum absolute atomic E-state index is 0.274. The Bertz CT molecular complexity index is 476. The smallest absolute Gasteiger partial charge is 0.226 e. The fourth-order valence-corrected chi connectivity index (χ4v) is 1.41. The average Bonchev–Trinajstić information content (AvgIpc) is 2.62. The fraction of sp³-hybridized carbons (Fsp3) is 0.250. The zero-order valence-corrected chi connectivity index (χ0v) is 9.16. The maximum Gasteiger partial charge on any atom is 0.226 e. The highest BCUT2D eigenvalue weighted by molar-refractivity contribution is 5.53. The second-order valence-electron chi connectivity index (χ2n) is 3.46. The van der Waals surface area contributed by atoms with Crippen LogP contribution in [0, 0.1) is 12.7 Å².